The van der Waals surface area contributed by atoms with Crippen molar-refractivity contribution in [2.24, 2.45) is 0 Å². The lowest BCUT2D eigenvalue weighted by atomic mass is 10.2. The molecule has 3 rings (SSSR count). The number of fused-ring (bicyclic) bond motifs is 1. The van der Waals surface area contributed by atoms with Crippen molar-refractivity contribution < 1.29 is 17.9 Å². The summed E-state index contributed by atoms with van der Waals surface area (Å²) in [6.07, 6.45) is 0.727. The Morgan fingerprint density at radius 3 is 2.79 bits per heavy atom. The Bertz CT molecular complexity index is 867. The van der Waals surface area contributed by atoms with Gasteiger partial charge in [0.15, 0.2) is 0 Å². The van der Waals surface area contributed by atoms with Crippen LogP contribution < -0.4 is 9.47 Å². The highest BCUT2D eigenvalue weighted by molar-refractivity contribution is 7.89. The van der Waals surface area contributed by atoms with E-state index in [1.165, 1.54) is 4.31 Å². The molecule has 0 fully saturated rings. The van der Waals surface area contributed by atoms with E-state index in [0.29, 0.717) is 22.9 Å². The summed E-state index contributed by atoms with van der Waals surface area (Å²) in [7, 11) is -0.533. The molecular weight excluding hydrogens is 350 g/mol. The number of ether oxygens (including phenoxy) is 2. The maximum absolute atomic E-state index is 12.8. The van der Waals surface area contributed by atoms with Crippen LogP contribution in [-0.4, -0.2) is 33.5 Å². The molecule has 0 unspecified atom stereocenters. The van der Waals surface area contributed by atoms with Crippen LogP contribution in [0.2, 0.25) is 5.02 Å². The molecule has 0 bridgehead atoms. The molecule has 1 heterocycles. The standard InChI is InChI=1S/C17H18ClNO4S/c1-19(11-13-9-14(18)3-5-16(13)22-2)24(20,21)15-4-6-17-12(10-15)7-8-23-17/h3-6,9-10H,7-8,11H2,1-2H3. The first-order valence-corrected chi connectivity index (χ1v) is 9.28. The van der Waals surface area contributed by atoms with Gasteiger partial charge in [0, 0.05) is 30.6 Å². The molecule has 7 heteroatoms. The van der Waals surface area contributed by atoms with Crippen LogP contribution in [0.5, 0.6) is 11.5 Å². The van der Waals surface area contributed by atoms with Gasteiger partial charge in [-0.05, 0) is 42.0 Å². The second-order valence-electron chi connectivity index (χ2n) is 5.59. The molecule has 0 aromatic heterocycles. The summed E-state index contributed by atoms with van der Waals surface area (Å²) in [5, 5.41) is 0.534. The molecule has 1 aliphatic heterocycles. The van der Waals surface area contributed by atoms with Gasteiger partial charge >= 0.3 is 0 Å². The van der Waals surface area contributed by atoms with Crippen molar-refractivity contribution in [3.63, 3.8) is 0 Å². The highest BCUT2D eigenvalue weighted by atomic mass is 35.5. The van der Waals surface area contributed by atoms with E-state index in [-0.39, 0.29) is 11.4 Å². The Morgan fingerprint density at radius 1 is 1.25 bits per heavy atom. The fourth-order valence-electron chi connectivity index (χ4n) is 2.70. The number of rotatable bonds is 5. The van der Waals surface area contributed by atoms with Crippen molar-refractivity contribution in [3.05, 3.63) is 52.5 Å². The van der Waals surface area contributed by atoms with E-state index in [4.69, 9.17) is 21.1 Å². The summed E-state index contributed by atoms with van der Waals surface area (Å²) in [5.41, 5.74) is 1.63. The monoisotopic (exact) mass is 367 g/mol. The lowest BCUT2D eigenvalue weighted by molar-refractivity contribution is 0.356. The first kappa shape index (κ1) is 17.1. The van der Waals surface area contributed by atoms with Crippen LogP contribution in [0.1, 0.15) is 11.1 Å². The van der Waals surface area contributed by atoms with Gasteiger partial charge in [-0.25, -0.2) is 8.42 Å². The quantitative estimate of drug-likeness (QED) is 0.814. The molecule has 0 saturated heterocycles. The molecule has 2 aromatic rings. The van der Waals surface area contributed by atoms with Crippen LogP contribution in [0, 0.1) is 0 Å². The van der Waals surface area contributed by atoms with Gasteiger partial charge in [-0.3, -0.25) is 0 Å². The number of methoxy groups -OCH3 is 1. The number of hydrogen-bond donors (Lipinski definition) is 0. The van der Waals surface area contributed by atoms with Crippen molar-refractivity contribution in [1.29, 1.82) is 0 Å². The van der Waals surface area contributed by atoms with Gasteiger partial charge in [-0.15, -0.1) is 0 Å². The Balaban J connectivity index is 1.89. The highest BCUT2D eigenvalue weighted by Gasteiger charge is 2.24. The maximum Gasteiger partial charge on any atom is 0.243 e. The van der Waals surface area contributed by atoms with Crippen molar-refractivity contribution >= 4 is 21.6 Å². The lowest BCUT2D eigenvalue weighted by Gasteiger charge is -2.19. The fourth-order valence-corrected chi connectivity index (χ4v) is 4.09. The largest absolute Gasteiger partial charge is 0.496 e. The number of hydrogen-bond acceptors (Lipinski definition) is 4. The van der Waals surface area contributed by atoms with Crippen molar-refractivity contribution in [3.8, 4) is 11.5 Å². The number of halogens is 1. The van der Waals surface area contributed by atoms with E-state index in [1.807, 2.05) is 0 Å². The van der Waals surface area contributed by atoms with Crippen molar-refractivity contribution in [1.82, 2.24) is 4.31 Å². The minimum Gasteiger partial charge on any atom is -0.496 e. The van der Waals surface area contributed by atoms with E-state index in [9.17, 15) is 8.42 Å². The Kier molecular flexibility index (Phi) is 4.71. The first-order valence-electron chi connectivity index (χ1n) is 7.46. The molecule has 0 atom stereocenters. The summed E-state index contributed by atoms with van der Waals surface area (Å²) < 4.78 is 37.7. The Hall–Kier alpha value is -1.76. The molecule has 2 aromatic carbocycles. The first-order chi connectivity index (χ1) is 11.4. The van der Waals surface area contributed by atoms with Crippen LogP contribution in [-0.2, 0) is 23.0 Å². The minimum atomic E-state index is -3.62. The molecule has 1 aliphatic rings. The average molecular weight is 368 g/mol. The molecule has 0 saturated carbocycles. The highest BCUT2D eigenvalue weighted by Crippen LogP contribution is 2.30. The molecule has 24 heavy (non-hydrogen) atoms. The van der Waals surface area contributed by atoms with E-state index >= 15 is 0 Å². The Labute approximate surface area is 146 Å². The lowest BCUT2D eigenvalue weighted by Crippen LogP contribution is -2.26. The summed E-state index contributed by atoms with van der Waals surface area (Å²) in [4.78, 5) is 0.259. The number of sulfonamides is 1. The van der Waals surface area contributed by atoms with Crippen molar-refractivity contribution in [2.75, 3.05) is 20.8 Å². The third-order valence-electron chi connectivity index (χ3n) is 4.00. The van der Waals surface area contributed by atoms with Crippen molar-refractivity contribution in [2.45, 2.75) is 17.9 Å². The summed E-state index contributed by atoms with van der Waals surface area (Å²) in [6, 6.07) is 10.1. The van der Waals surface area contributed by atoms with Gasteiger partial charge in [-0.1, -0.05) is 11.6 Å². The van der Waals surface area contributed by atoms with Crippen LogP contribution in [0.25, 0.3) is 0 Å². The topological polar surface area (TPSA) is 55.8 Å². The molecule has 5 nitrogen and oxygen atoms in total. The predicted molar refractivity (Wildman–Crippen MR) is 92.3 cm³/mol. The van der Waals surface area contributed by atoms with Crippen LogP contribution in [0.15, 0.2) is 41.3 Å². The SMILES string of the molecule is COc1ccc(Cl)cc1CN(C)S(=O)(=O)c1ccc2c(c1)CCO2. The van der Waals surface area contributed by atoms with E-state index in [2.05, 4.69) is 0 Å². The molecule has 0 spiro atoms. The number of benzene rings is 2. The second-order valence-corrected chi connectivity index (χ2v) is 8.07. The molecule has 0 radical (unpaired) electrons. The summed E-state index contributed by atoms with van der Waals surface area (Å²) >= 11 is 6.02. The minimum absolute atomic E-state index is 0.166. The molecular formula is C17H18ClNO4S. The summed E-state index contributed by atoms with van der Waals surface area (Å²) in [6.45, 7) is 0.758. The van der Waals surface area contributed by atoms with Crippen LogP contribution in [0.4, 0.5) is 0 Å². The molecule has 0 amide bonds. The van der Waals surface area contributed by atoms with Crippen LogP contribution >= 0.6 is 11.6 Å². The van der Waals surface area contributed by atoms with E-state index < -0.39 is 10.0 Å². The normalized spacial score (nSPS) is 13.7. The number of nitrogens with zero attached hydrogens (tertiary/aromatic N) is 1. The Morgan fingerprint density at radius 2 is 2.04 bits per heavy atom. The molecule has 128 valence electrons. The van der Waals surface area contributed by atoms with E-state index in [1.54, 1.807) is 50.6 Å². The summed E-state index contributed by atoms with van der Waals surface area (Å²) in [5.74, 6) is 1.36. The zero-order chi connectivity index (χ0) is 17.3. The third-order valence-corrected chi connectivity index (χ3v) is 6.04. The molecule has 0 aliphatic carbocycles. The van der Waals surface area contributed by atoms with Gasteiger partial charge in [0.1, 0.15) is 11.5 Å². The van der Waals surface area contributed by atoms with Gasteiger partial charge < -0.3 is 9.47 Å². The second kappa shape index (κ2) is 6.63. The smallest absolute Gasteiger partial charge is 0.243 e. The van der Waals surface area contributed by atoms with Gasteiger partial charge in [0.2, 0.25) is 10.0 Å². The average Bonchev–Trinajstić information content (AvgIpc) is 3.02. The third kappa shape index (κ3) is 3.22. The fraction of sp³-hybridized carbons (Fsp3) is 0.294. The van der Waals surface area contributed by atoms with Crippen LogP contribution in [0.3, 0.4) is 0 Å². The zero-order valence-electron chi connectivity index (χ0n) is 13.5. The van der Waals surface area contributed by atoms with E-state index in [0.717, 1.165) is 17.7 Å². The van der Waals surface area contributed by atoms with Gasteiger partial charge in [-0.2, -0.15) is 4.31 Å². The van der Waals surface area contributed by atoms with Gasteiger partial charge in [0.25, 0.3) is 0 Å². The van der Waals surface area contributed by atoms with Gasteiger partial charge in [0.05, 0.1) is 18.6 Å². The zero-order valence-corrected chi connectivity index (χ0v) is 15.0. The molecule has 0 N–H and O–H groups in total. The maximum atomic E-state index is 12.8. The predicted octanol–water partition coefficient (Wildman–Crippen LogP) is 3.10.